The van der Waals surface area contributed by atoms with Crippen molar-refractivity contribution in [2.75, 3.05) is 5.32 Å². The Kier molecular flexibility index (Phi) is 5.69. The molecule has 4 rings (SSSR count). The molecule has 0 aliphatic heterocycles. The molecule has 0 atom stereocenters. The summed E-state index contributed by atoms with van der Waals surface area (Å²) < 4.78 is 7.65. The number of ether oxygens (including phenoxy) is 1. The van der Waals surface area contributed by atoms with E-state index in [2.05, 4.69) is 21.5 Å². The van der Waals surface area contributed by atoms with Gasteiger partial charge in [-0.05, 0) is 55.5 Å². The fourth-order valence-corrected chi connectivity index (χ4v) is 4.72. The molecule has 0 aliphatic rings. The molecule has 8 heteroatoms. The van der Waals surface area contributed by atoms with E-state index >= 15 is 0 Å². The van der Waals surface area contributed by atoms with Gasteiger partial charge >= 0.3 is 0 Å². The minimum absolute atomic E-state index is 0.165. The highest BCUT2D eigenvalue weighted by atomic mass is 32.1. The molecule has 1 N–H and O–H groups in total. The number of thiazole rings is 1. The van der Waals surface area contributed by atoms with E-state index in [9.17, 15) is 4.79 Å². The molecular weight excluding hydrogens is 416 g/mol. The van der Waals surface area contributed by atoms with Gasteiger partial charge in [-0.15, -0.1) is 22.7 Å². The van der Waals surface area contributed by atoms with E-state index in [1.54, 1.807) is 4.68 Å². The van der Waals surface area contributed by atoms with Crippen molar-refractivity contribution in [2.45, 2.75) is 27.4 Å². The lowest BCUT2D eigenvalue weighted by molar-refractivity contribution is 0.103. The zero-order valence-electron chi connectivity index (χ0n) is 17.2. The second-order valence-corrected chi connectivity index (χ2v) is 8.99. The number of benzene rings is 1. The van der Waals surface area contributed by atoms with Crippen LogP contribution in [0.15, 0.2) is 41.2 Å². The first-order chi connectivity index (χ1) is 14.4. The van der Waals surface area contributed by atoms with Crippen LogP contribution in [-0.2, 0) is 13.7 Å². The number of aromatic nitrogens is 3. The first kappa shape index (κ1) is 20.3. The van der Waals surface area contributed by atoms with Crippen LogP contribution in [0, 0.1) is 20.8 Å². The van der Waals surface area contributed by atoms with E-state index in [-0.39, 0.29) is 5.91 Å². The van der Waals surface area contributed by atoms with Gasteiger partial charge in [0.1, 0.15) is 12.4 Å². The van der Waals surface area contributed by atoms with Crippen molar-refractivity contribution in [3.05, 3.63) is 68.5 Å². The lowest BCUT2D eigenvalue weighted by Crippen LogP contribution is -2.09. The van der Waals surface area contributed by atoms with Gasteiger partial charge in [-0.25, -0.2) is 4.98 Å². The van der Waals surface area contributed by atoms with E-state index in [1.807, 2.05) is 63.0 Å². The molecule has 0 spiro atoms. The second-order valence-electron chi connectivity index (χ2n) is 7.23. The monoisotopic (exact) mass is 438 g/mol. The molecule has 30 heavy (non-hydrogen) atoms. The summed E-state index contributed by atoms with van der Waals surface area (Å²) in [4.78, 5) is 17.8. The van der Waals surface area contributed by atoms with Crippen LogP contribution in [0.3, 0.4) is 0 Å². The van der Waals surface area contributed by atoms with Crippen LogP contribution in [0.25, 0.3) is 11.3 Å². The van der Waals surface area contributed by atoms with Crippen molar-refractivity contribution in [3.8, 4) is 17.0 Å². The predicted octanol–water partition coefficient (Wildman–Crippen LogP) is 5.36. The van der Waals surface area contributed by atoms with Gasteiger partial charge in [0.2, 0.25) is 0 Å². The van der Waals surface area contributed by atoms with Crippen LogP contribution in [0.1, 0.15) is 32.1 Å². The van der Waals surface area contributed by atoms with Crippen LogP contribution in [0.2, 0.25) is 0 Å². The maximum Gasteiger partial charge on any atom is 0.267 e. The number of anilines is 1. The number of hydrogen-bond donors (Lipinski definition) is 1. The fourth-order valence-electron chi connectivity index (χ4n) is 3.22. The Morgan fingerprint density at radius 3 is 2.57 bits per heavy atom. The largest absolute Gasteiger partial charge is 0.489 e. The Bertz CT molecular complexity index is 1190. The molecule has 0 fully saturated rings. The van der Waals surface area contributed by atoms with Crippen molar-refractivity contribution in [1.29, 1.82) is 0 Å². The molecule has 0 radical (unpaired) electrons. The normalized spacial score (nSPS) is 10.9. The molecule has 4 aromatic rings. The van der Waals surface area contributed by atoms with Crippen molar-refractivity contribution in [1.82, 2.24) is 14.8 Å². The minimum Gasteiger partial charge on any atom is -0.489 e. The third-order valence-electron chi connectivity index (χ3n) is 4.49. The maximum absolute atomic E-state index is 12.6. The van der Waals surface area contributed by atoms with Crippen molar-refractivity contribution in [2.24, 2.45) is 7.05 Å². The van der Waals surface area contributed by atoms with Gasteiger partial charge in [0.25, 0.3) is 5.91 Å². The number of carbonyl (C=O) groups excluding carboxylic acids is 1. The number of nitrogens with one attached hydrogen (secondary N) is 1. The average Bonchev–Trinajstić information content (AvgIpc) is 3.39. The highest BCUT2D eigenvalue weighted by molar-refractivity contribution is 7.14. The summed E-state index contributed by atoms with van der Waals surface area (Å²) in [6.45, 7) is 6.47. The summed E-state index contributed by atoms with van der Waals surface area (Å²) in [7, 11) is 1.88. The lowest BCUT2D eigenvalue weighted by atomic mass is 10.1. The summed E-state index contributed by atoms with van der Waals surface area (Å²) >= 11 is 2.80. The van der Waals surface area contributed by atoms with Gasteiger partial charge < -0.3 is 4.74 Å². The molecule has 0 saturated heterocycles. The van der Waals surface area contributed by atoms with Crippen LogP contribution in [0.4, 0.5) is 5.13 Å². The second kappa shape index (κ2) is 8.41. The van der Waals surface area contributed by atoms with E-state index in [0.717, 1.165) is 28.3 Å². The molecule has 0 saturated carbocycles. The van der Waals surface area contributed by atoms with E-state index in [1.165, 1.54) is 33.8 Å². The Hall–Kier alpha value is -2.97. The van der Waals surface area contributed by atoms with Crippen LogP contribution in [-0.4, -0.2) is 20.7 Å². The van der Waals surface area contributed by atoms with E-state index in [4.69, 9.17) is 4.74 Å². The molecule has 1 amide bonds. The molecule has 154 valence electrons. The van der Waals surface area contributed by atoms with Gasteiger partial charge in [0.15, 0.2) is 5.13 Å². The number of nitrogens with zero attached hydrogens (tertiary/aromatic N) is 3. The lowest BCUT2D eigenvalue weighted by Gasteiger charge is -2.07. The number of rotatable bonds is 6. The molecule has 0 unspecified atom stereocenters. The van der Waals surface area contributed by atoms with Crippen molar-refractivity contribution in [3.63, 3.8) is 0 Å². The zero-order valence-corrected chi connectivity index (χ0v) is 18.9. The minimum atomic E-state index is -0.165. The van der Waals surface area contributed by atoms with Gasteiger partial charge in [-0.3, -0.25) is 14.8 Å². The van der Waals surface area contributed by atoms with Gasteiger partial charge in [0, 0.05) is 29.8 Å². The SMILES string of the molecule is Cc1cc(C)cc(OCc2csc(C(=O)Nc3nc(-c4cn(C)nc4C)cs3)c2)c1. The molecule has 0 aliphatic carbocycles. The summed E-state index contributed by atoms with van der Waals surface area (Å²) in [6, 6.07) is 8.00. The topological polar surface area (TPSA) is 69.0 Å². The molecule has 3 aromatic heterocycles. The number of hydrogen-bond acceptors (Lipinski definition) is 6. The smallest absolute Gasteiger partial charge is 0.267 e. The first-order valence-corrected chi connectivity index (χ1v) is 11.2. The summed E-state index contributed by atoms with van der Waals surface area (Å²) in [5, 5.41) is 11.7. The van der Waals surface area contributed by atoms with Crippen molar-refractivity contribution >= 4 is 33.7 Å². The third kappa shape index (κ3) is 4.60. The third-order valence-corrected chi connectivity index (χ3v) is 6.23. The van der Waals surface area contributed by atoms with E-state index in [0.29, 0.717) is 16.6 Å². The summed E-state index contributed by atoms with van der Waals surface area (Å²) in [6.07, 6.45) is 1.93. The van der Waals surface area contributed by atoms with Gasteiger partial charge in [-0.1, -0.05) is 6.07 Å². The fraction of sp³-hybridized carbons (Fsp3) is 0.227. The van der Waals surface area contributed by atoms with E-state index < -0.39 is 0 Å². The highest BCUT2D eigenvalue weighted by Gasteiger charge is 2.14. The number of amides is 1. The zero-order chi connectivity index (χ0) is 21.3. The van der Waals surface area contributed by atoms with Crippen LogP contribution >= 0.6 is 22.7 Å². The Morgan fingerprint density at radius 2 is 1.87 bits per heavy atom. The van der Waals surface area contributed by atoms with Crippen LogP contribution < -0.4 is 10.1 Å². The predicted molar refractivity (Wildman–Crippen MR) is 122 cm³/mol. The highest BCUT2D eigenvalue weighted by Crippen LogP contribution is 2.27. The maximum atomic E-state index is 12.6. The molecule has 1 aromatic carbocycles. The number of thiophene rings is 1. The summed E-state index contributed by atoms with van der Waals surface area (Å²) in [5.41, 5.74) is 5.99. The number of carbonyl (C=O) groups is 1. The standard InChI is InChI=1S/C22H22N4O2S2/c1-13-5-14(2)7-17(6-13)28-10-16-8-20(29-11-16)21(27)24-22-23-19(12-30-22)18-9-26(4)25-15(18)3/h5-9,11-12H,10H2,1-4H3,(H,23,24,27). The summed E-state index contributed by atoms with van der Waals surface area (Å²) in [5.74, 6) is 0.673. The number of aryl methyl sites for hydroxylation is 4. The molecule has 3 heterocycles. The van der Waals surface area contributed by atoms with Gasteiger partial charge in [-0.2, -0.15) is 5.10 Å². The molecule has 6 nitrogen and oxygen atoms in total. The quantitative estimate of drug-likeness (QED) is 0.440. The van der Waals surface area contributed by atoms with Gasteiger partial charge in [0.05, 0.1) is 16.3 Å². The Balaban J connectivity index is 1.39. The average molecular weight is 439 g/mol. The van der Waals surface area contributed by atoms with Crippen molar-refractivity contribution < 1.29 is 9.53 Å². The Morgan fingerprint density at radius 1 is 1.10 bits per heavy atom. The molecule has 0 bridgehead atoms. The molecular formula is C22H22N4O2S2. The Labute approximate surface area is 183 Å². The first-order valence-electron chi connectivity index (χ1n) is 9.43. The van der Waals surface area contributed by atoms with Crippen LogP contribution in [0.5, 0.6) is 5.75 Å².